The van der Waals surface area contributed by atoms with Crippen molar-refractivity contribution in [3.63, 3.8) is 0 Å². The molecular formula is C21H25NS. The molecule has 0 aliphatic rings. The van der Waals surface area contributed by atoms with Gasteiger partial charge in [-0.2, -0.15) is 0 Å². The molecular weight excluding hydrogens is 298 g/mol. The van der Waals surface area contributed by atoms with Crippen LogP contribution in [0.2, 0.25) is 0 Å². The molecule has 0 heterocycles. The van der Waals surface area contributed by atoms with Crippen molar-refractivity contribution in [2.24, 2.45) is 10.4 Å². The van der Waals surface area contributed by atoms with Crippen LogP contribution in [0.4, 0.5) is 0 Å². The molecule has 0 unspecified atom stereocenters. The van der Waals surface area contributed by atoms with Crippen LogP contribution in [0.15, 0.2) is 83.2 Å². The molecule has 0 aliphatic heterocycles. The molecule has 0 radical (unpaired) electrons. The van der Waals surface area contributed by atoms with Gasteiger partial charge in [0.05, 0.1) is 6.04 Å². The topological polar surface area (TPSA) is 12.4 Å². The predicted octanol–water partition coefficient (Wildman–Crippen LogP) is 6.19. The van der Waals surface area contributed by atoms with Gasteiger partial charge < -0.3 is 0 Å². The summed E-state index contributed by atoms with van der Waals surface area (Å²) in [7, 11) is 0. The molecule has 0 saturated heterocycles. The molecule has 0 fully saturated rings. The molecule has 0 aliphatic carbocycles. The molecule has 1 nitrogen and oxygen atoms in total. The van der Waals surface area contributed by atoms with Gasteiger partial charge in [-0.15, -0.1) is 18.3 Å². The molecule has 1 atom stereocenters. The molecule has 0 bridgehead atoms. The number of hydrogen-bond acceptors (Lipinski definition) is 2. The highest BCUT2D eigenvalue weighted by Gasteiger charge is 2.15. The second kappa shape index (κ2) is 8.73. The van der Waals surface area contributed by atoms with Crippen LogP contribution in [-0.4, -0.2) is 12.0 Å². The van der Waals surface area contributed by atoms with Gasteiger partial charge in [0.2, 0.25) is 0 Å². The third-order valence-corrected chi connectivity index (χ3v) is 4.70. The van der Waals surface area contributed by atoms with Crippen LogP contribution >= 0.6 is 11.8 Å². The maximum absolute atomic E-state index is 4.91. The third-order valence-electron chi connectivity index (χ3n) is 3.61. The van der Waals surface area contributed by atoms with E-state index >= 15 is 0 Å². The summed E-state index contributed by atoms with van der Waals surface area (Å²) in [6.07, 6.45) is 4.99. The van der Waals surface area contributed by atoms with Crippen LogP contribution in [-0.2, 0) is 0 Å². The van der Waals surface area contributed by atoms with Crippen LogP contribution in [0.25, 0.3) is 0 Å². The van der Waals surface area contributed by atoms with Crippen LogP contribution in [0.1, 0.15) is 31.9 Å². The zero-order valence-corrected chi connectivity index (χ0v) is 14.8. The maximum Gasteiger partial charge on any atom is 0.0839 e. The van der Waals surface area contributed by atoms with E-state index in [1.54, 1.807) is 0 Å². The molecule has 0 amide bonds. The minimum atomic E-state index is 0.0478. The first kappa shape index (κ1) is 17.6. The zero-order valence-electron chi connectivity index (χ0n) is 14.0. The van der Waals surface area contributed by atoms with Gasteiger partial charge in [-0.3, -0.25) is 4.99 Å². The number of thioether (sulfide) groups is 1. The van der Waals surface area contributed by atoms with Crippen LogP contribution in [0.5, 0.6) is 0 Å². The quantitative estimate of drug-likeness (QED) is 0.320. The number of hydrogen-bond donors (Lipinski definition) is 0. The van der Waals surface area contributed by atoms with Gasteiger partial charge in [0.1, 0.15) is 0 Å². The van der Waals surface area contributed by atoms with E-state index in [-0.39, 0.29) is 11.5 Å². The first-order chi connectivity index (χ1) is 11.1. The Bertz CT molecular complexity index is 617. The van der Waals surface area contributed by atoms with E-state index < -0.39 is 0 Å². The van der Waals surface area contributed by atoms with Crippen molar-refractivity contribution in [2.75, 3.05) is 5.75 Å². The Morgan fingerprint density at radius 2 is 1.65 bits per heavy atom. The summed E-state index contributed by atoms with van der Waals surface area (Å²) in [6.45, 7) is 8.24. The predicted molar refractivity (Wildman–Crippen MR) is 103 cm³/mol. The summed E-state index contributed by atoms with van der Waals surface area (Å²) in [5.74, 6) is 0.939. The average Bonchev–Trinajstić information content (AvgIpc) is 2.56. The van der Waals surface area contributed by atoms with E-state index in [4.69, 9.17) is 4.99 Å². The number of allylic oxidation sites excluding steroid dienone is 1. The second-order valence-electron chi connectivity index (χ2n) is 6.31. The molecule has 2 heteroatoms. The molecule has 23 heavy (non-hydrogen) atoms. The van der Waals surface area contributed by atoms with E-state index in [2.05, 4.69) is 87.3 Å². The van der Waals surface area contributed by atoms with Gasteiger partial charge in [0.25, 0.3) is 0 Å². The molecule has 2 aromatic rings. The van der Waals surface area contributed by atoms with E-state index in [0.29, 0.717) is 0 Å². The summed E-state index contributed by atoms with van der Waals surface area (Å²) in [4.78, 5) is 6.19. The lowest BCUT2D eigenvalue weighted by atomic mass is 9.91. The standard InChI is InChI=1S/C21H25NS/c1-4-15-21(2,3)17-22-20(18-11-7-5-8-12-18)16-23-19-13-9-6-10-14-19/h4-14,17,20H,1,15-16H2,2-3H3/t20-/m0/s1. The van der Waals surface area contributed by atoms with Crippen molar-refractivity contribution < 1.29 is 0 Å². The van der Waals surface area contributed by atoms with Crippen LogP contribution in [0, 0.1) is 5.41 Å². The Morgan fingerprint density at radius 1 is 1.04 bits per heavy atom. The zero-order chi connectivity index (χ0) is 16.5. The number of rotatable bonds is 8. The normalized spacial score (nSPS) is 13.1. The highest BCUT2D eigenvalue weighted by atomic mass is 32.2. The van der Waals surface area contributed by atoms with E-state index in [1.807, 2.05) is 17.8 Å². The third kappa shape index (κ3) is 6.07. The molecule has 0 spiro atoms. The van der Waals surface area contributed by atoms with Crippen molar-refractivity contribution in [3.05, 3.63) is 78.9 Å². The summed E-state index contributed by atoms with van der Waals surface area (Å²) < 4.78 is 0. The summed E-state index contributed by atoms with van der Waals surface area (Å²) >= 11 is 1.85. The number of nitrogens with zero attached hydrogens (tertiary/aromatic N) is 1. The molecule has 0 N–H and O–H groups in total. The SMILES string of the molecule is C=CCC(C)(C)C=N[C@@H](CSc1ccccc1)c1ccccc1. The Labute approximate surface area is 144 Å². The minimum absolute atomic E-state index is 0.0478. The van der Waals surface area contributed by atoms with Gasteiger partial charge in [-0.05, 0) is 24.1 Å². The summed E-state index contributed by atoms with van der Waals surface area (Å²) in [5, 5.41) is 0. The Balaban J connectivity index is 2.12. The van der Waals surface area contributed by atoms with Gasteiger partial charge in [0.15, 0.2) is 0 Å². The van der Waals surface area contributed by atoms with Crippen molar-refractivity contribution >= 4 is 18.0 Å². The van der Waals surface area contributed by atoms with Crippen molar-refractivity contribution in [1.82, 2.24) is 0 Å². The Hall–Kier alpha value is -1.80. The van der Waals surface area contributed by atoms with E-state index in [1.165, 1.54) is 10.5 Å². The lowest BCUT2D eigenvalue weighted by molar-refractivity contribution is 0.541. The lowest BCUT2D eigenvalue weighted by Gasteiger charge is -2.19. The van der Waals surface area contributed by atoms with Crippen molar-refractivity contribution in [3.8, 4) is 0 Å². The first-order valence-electron chi connectivity index (χ1n) is 7.99. The van der Waals surface area contributed by atoms with Gasteiger partial charge in [-0.25, -0.2) is 0 Å². The highest BCUT2D eigenvalue weighted by Crippen LogP contribution is 2.28. The molecule has 0 aromatic heterocycles. The smallest absolute Gasteiger partial charge is 0.0839 e. The fourth-order valence-electron chi connectivity index (χ4n) is 2.31. The molecule has 120 valence electrons. The first-order valence-corrected chi connectivity index (χ1v) is 8.97. The Kier molecular flexibility index (Phi) is 6.66. The highest BCUT2D eigenvalue weighted by molar-refractivity contribution is 7.99. The van der Waals surface area contributed by atoms with Crippen molar-refractivity contribution in [1.29, 1.82) is 0 Å². The van der Waals surface area contributed by atoms with Crippen LogP contribution in [0.3, 0.4) is 0 Å². The fourth-order valence-corrected chi connectivity index (χ4v) is 3.29. The number of aliphatic imine (C=N–C) groups is 1. The number of benzene rings is 2. The van der Waals surface area contributed by atoms with Crippen molar-refractivity contribution in [2.45, 2.75) is 31.2 Å². The van der Waals surface area contributed by atoms with E-state index in [9.17, 15) is 0 Å². The lowest BCUT2D eigenvalue weighted by Crippen LogP contribution is -2.13. The van der Waals surface area contributed by atoms with E-state index in [0.717, 1.165) is 12.2 Å². The monoisotopic (exact) mass is 323 g/mol. The van der Waals surface area contributed by atoms with Gasteiger partial charge in [0, 0.05) is 22.3 Å². The van der Waals surface area contributed by atoms with Gasteiger partial charge >= 0.3 is 0 Å². The Morgan fingerprint density at radius 3 is 2.26 bits per heavy atom. The second-order valence-corrected chi connectivity index (χ2v) is 7.40. The van der Waals surface area contributed by atoms with Crippen LogP contribution < -0.4 is 0 Å². The largest absolute Gasteiger partial charge is 0.288 e. The minimum Gasteiger partial charge on any atom is -0.288 e. The summed E-state index contributed by atoms with van der Waals surface area (Å²) in [6, 6.07) is 21.2. The average molecular weight is 324 g/mol. The maximum atomic E-state index is 4.91. The molecule has 0 saturated carbocycles. The molecule has 2 rings (SSSR count). The van der Waals surface area contributed by atoms with Gasteiger partial charge in [-0.1, -0.05) is 68.5 Å². The fraction of sp³-hybridized carbons (Fsp3) is 0.286. The molecule has 2 aromatic carbocycles. The summed E-state index contributed by atoms with van der Waals surface area (Å²) in [5.41, 5.74) is 1.31.